The minimum atomic E-state index is 0. The van der Waals surface area contributed by atoms with E-state index in [2.05, 4.69) is 24.8 Å². The molecule has 0 aromatic heterocycles. The molecule has 3 heteroatoms. The Balaban J connectivity index is 0.00000256. The molecule has 0 aliphatic heterocycles. The van der Waals surface area contributed by atoms with Gasteiger partial charge in [0.15, 0.2) is 0 Å². The van der Waals surface area contributed by atoms with Crippen molar-refractivity contribution in [2.75, 3.05) is 19.6 Å². The predicted molar refractivity (Wildman–Crippen MR) is 79.2 cm³/mol. The first kappa shape index (κ1) is 16.5. The third-order valence-electron chi connectivity index (χ3n) is 2.71. The third-order valence-corrected chi connectivity index (χ3v) is 2.71. The number of nitrogens with zero attached hydrogens (tertiary/aromatic N) is 1. The van der Waals surface area contributed by atoms with Crippen LogP contribution in [0.4, 0.5) is 0 Å². The summed E-state index contributed by atoms with van der Waals surface area (Å²) in [6.45, 7) is 7.87. The van der Waals surface area contributed by atoms with Crippen molar-refractivity contribution in [3.8, 4) is 5.75 Å². The standard InChI is InChI=1S/C14H23NO.BrH/c1-3-9-15(10-4-2)11-8-13-6-5-7-14(16)12-13;/h5-7,12,16H,3-4,8-11H2,1-2H3;1H. The minimum absolute atomic E-state index is 0. The monoisotopic (exact) mass is 301 g/mol. The Morgan fingerprint density at radius 2 is 1.71 bits per heavy atom. The highest BCUT2D eigenvalue weighted by molar-refractivity contribution is 8.93. The van der Waals surface area contributed by atoms with E-state index in [0.29, 0.717) is 5.75 Å². The molecule has 0 amide bonds. The molecule has 0 atom stereocenters. The van der Waals surface area contributed by atoms with Crippen LogP contribution in [0.3, 0.4) is 0 Å². The molecule has 1 rings (SSSR count). The maximum Gasteiger partial charge on any atom is 0.115 e. The van der Waals surface area contributed by atoms with Crippen molar-refractivity contribution in [1.82, 2.24) is 4.90 Å². The molecule has 0 bridgehead atoms. The topological polar surface area (TPSA) is 23.5 Å². The normalized spacial score (nSPS) is 10.3. The second-order valence-electron chi connectivity index (χ2n) is 4.26. The molecule has 1 aromatic rings. The van der Waals surface area contributed by atoms with E-state index in [1.54, 1.807) is 6.07 Å². The van der Waals surface area contributed by atoms with Crippen molar-refractivity contribution in [2.24, 2.45) is 0 Å². The fraction of sp³-hybridized carbons (Fsp3) is 0.571. The summed E-state index contributed by atoms with van der Waals surface area (Å²) >= 11 is 0. The Kier molecular flexibility index (Phi) is 9.18. The molecule has 0 saturated heterocycles. The molecular formula is C14H24BrNO. The summed E-state index contributed by atoms with van der Waals surface area (Å²) in [5.74, 6) is 0.370. The number of halogens is 1. The Morgan fingerprint density at radius 1 is 1.06 bits per heavy atom. The minimum Gasteiger partial charge on any atom is -0.508 e. The van der Waals surface area contributed by atoms with E-state index in [1.807, 2.05) is 12.1 Å². The second-order valence-corrected chi connectivity index (χ2v) is 4.26. The average Bonchev–Trinajstić information content (AvgIpc) is 2.27. The van der Waals surface area contributed by atoms with Gasteiger partial charge < -0.3 is 10.0 Å². The van der Waals surface area contributed by atoms with Gasteiger partial charge in [-0.3, -0.25) is 0 Å². The number of phenolic OH excluding ortho intramolecular Hbond substituents is 1. The van der Waals surface area contributed by atoms with Crippen LogP contribution in [0.25, 0.3) is 0 Å². The zero-order chi connectivity index (χ0) is 11.8. The third kappa shape index (κ3) is 6.69. The first-order valence-electron chi connectivity index (χ1n) is 6.26. The highest BCUT2D eigenvalue weighted by atomic mass is 79.9. The van der Waals surface area contributed by atoms with Gasteiger partial charge in [0.25, 0.3) is 0 Å². The maximum absolute atomic E-state index is 9.37. The Hall–Kier alpha value is -0.540. The van der Waals surface area contributed by atoms with E-state index in [4.69, 9.17) is 0 Å². The molecule has 0 fully saturated rings. The zero-order valence-electron chi connectivity index (χ0n) is 10.9. The molecule has 17 heavy (non-hydrogen) atoms. The van der Waals surface area contributed by atoms with Gasteiger partial charge >= 0.3 is 0 Å². The maximum atomic E-state index is 9.37. The summed E-state index contributed by atoms with van der Waals surface area (Å²) in [5, 5.41) is 9.37. The molecule has 98 valence electrons. The largest absolute Gasteiger partial charge is 0.508 e. The number of rotatable bonds is 7. The summed E-state index contributed by atoms with van der Waals surface area (Å²) in [6, 6.07) is 7.57. The van der Waals surface area contributed by atoms with E-state index in [1.165, 1.54) is 31.5 Å². The van der Waals surface area contributed by atoms with Crippen LogP contribution in [-0.2, 0) is 6.42 Å². The van der Waals surface area contributed by atoms with Crippen molar-refractivity contribution >= 4 is 17.0 Å². The molecule has 0 unspecified atom stereocenters. The Bertz CT molecular complexity index is 298. The Labute approximate surface area is 115 Å². The number of hydrogen-bond donors (Lipinski definition) is 1. The van der Waals surface area contributed by atoms with Crippen molar-refractivity contribution in [3.63, 3.8) is 0 Å². The van der Waals surface area contributed by atoms with E-state index >= 15 is 0 Å². The van der Waals surface area contributed by atoms with Gasteiger partial charge in [-0.05, 0) is 50.0 Å². The lowest BCUT2D eigenvalue weighted by Crippen LogP contribution is -2.27. The van der Waals surface area contributed by atoms with Crippen molar-refractivity contribution in [3.05, 3.63) is 29.8 Å². The molecule has 2 nitrogen and oxygen atoms in total. The summed E-state index contributed by atoms with van der Waals surface area (Å²) < 4.78 is 0. The van der Waals surface area contributed by atoms with E-state index in [0.717, 1.165) is 13.0 Å². The van der Waals surface area contributed by atoms with Crippen molar-refractivity contribution < 1.29 is 5.11 Å². The quantitative estimate of drug-likeness (QED) is 0.831. The number of aromatic hydroxyl groups is 1. The molecule has 0 aliphatic carbocycles. The summed E-state index contributed by atoms with van der Waals surface area (Å²) in [5.41, 5.74) is 1.22. The zero-order valence-corrected chi connectivity index (χ0v) is 12.6. The first-order chi connectivity index (χ1) is 7.76. The van der Waals surface area contributed by atoms with Gasteiger partial charge in [0.2, 0.25) is 0 Å². The summed E-state index contributed by atoms with van der Waals surface area (Å²) in [4.78, 5) is 2.49. The van der Waals surface area contributed by atoms with Gasteiger partial charge in [-0.1, -0.05) is 26.0 Å². The van der Waals surface area contributed by atoms with Gasteiger partial charge in [-0.25, -0.2) is 0 Å². The van der Waals surface area contributed by atoms with Crippen LogP contribution in [0, 0.1) is 0 Å². The lowest BCUT2D eigenvalue weighted by Gasteiger charge is -2.20. The van der Waals surface area contributed by atoms with Gasteiger partial charge in [0, 0.05) is 6.54 Å². The van der Waals surface area contributed by atoms with Crippen LogP contribution in [0.1, 0.15) is 32.3 Å². The van der Waals surface area contributed by atoms with Crippen molar-refractivity contribution in [1.29, 1.82) is 0 Å². The molecule has 0 radical (unpaired) electrons. The first-order valence-corrected chi connectivity index (χ1v) is 6.26. The fourth-order valence-corrected chi connectivity index (χ4v) is 1.97. The Morgan fingerprint density at radius 3 is 2.24 bits per heavy atom. The highest BCUT2D eigenvalue weighted by Gasteiger charge is 2.03. The van der Waals surface area contributed by atoms with Gasteiger partial charge in [-0.2, -0.15) is 0 Å². The van der Waals surface area contributed by atoms with Crippen LogP contribution in [0.15, 0.2) is 24.3 Å². The van der Waals surface area contributed by atoms with E-state index in [9.17, 15) is 5.11 Å². The SMILES string of the molecule is Br.CCCN(CCC)CCc1cccc(O)c1. The smallest absolute Gasteiger partial charge is 0.115 e. The van der Waals surface area contributed by atoms with Gasteiger partial charge in [-0.15, -0.1) is 17.0 Å². The average molecular weight is 302 g/mol. The van der Waals surface area contributed by atoms with Gasteiger partial charge in [0.1, 0.15) is 5.75 Å². The molecule has 1 N–H and O–H groups in total. The van der Waals surface area contributed by atoms with Crippen LogP contribution in [-0.4, -0.2) is 29.6 Å². The van der Waals surface area contributed by atoms with Crippen LogP contribution < -0.4 is 0 Å². The lowest BCUT2D eigenvalue weighted by atomic mass is 10.1. The van der Waals surface area contributed by atoms with Crippen LogP contribution in [0.2, 0.25) is 0 Å². The molecular weight excluding hydrogens is 278 g/mol. The van der Waals surface area contributed by atoms with E-state index in [-0.39, 0.29) is 17.0 Å². The molecule has 0 saturated carbocycles. The summed E-state index contributed by atoms with van der Waals surface area (Å²) in [6.07, 6.45) is 3.44. The number of benzene rings is 1. The predicted octanol–water partition coefficient (Wildman–Crippen LogP) is 3.63. The molecule has 1 aromatic carbocycles. The number of phenols is 1. The second kappa shape index (κ2) is 9.49. The van der Waals surface area contributed by atoms with Crippen LogP contribution >= 0.6 is 17.0 Å². The summed E-state index contributed by atoms with van der Waals surface area (Å²) in [7, 11) is 0. The van der Waals surface area contributed by atoms with Crippen molar-refractivity contribution in [2.45, 2.75) is 33.1 Å². The molecule has 0 aliphatic rings. The fourth-order valence-electron chi connectivity index (χ4n) is 1.97. The van der Waals surface area contributed by atoms with Gasteiger partial charge in [0.05, 0.1) is 0 Å². The number of hydrogen-bond acceptors (Lipinski definition) is 2. The lowest BCUT2D eigenvalue weighted by molar-refractivity contribution is 0.278. The highest BCUT2D eigenvalue weighted by Crippen LogP contribution is 2.11. The molecule has 0 heterocycles. The molecule has 0 spiro atoms. The van der Waals surface area contributed by atoms with E-state index < -0.39 is 0 Å². The van der Waals surface area contributed by atoms with Crippen LogP contribution in [0.5, 0.6) is 5.75 Å².